The van der Waals surface area contributed by atoms with Gasteiger partial charge in [0, 0.05) is 13.8 Å². The molecule has 0 aliphatic rings. The zero-order valence-corrected chi connectivity index (χ0v) is 11.1. The molecule has 82 valence electrons. The minimum atomic E-state index is -0.332. The zero-order valence-electron chi connectivity index (χ0n) is 7.96. The fourth-order valence-corrected chi connectivity index (χ4v) is 1.17. The Bertz CT molecular complexity index is 186. The summed E-state index contributed by atoms with van der Waals surface area (Å²) < 4.78 is 9.55. The molecule has 0 aromatic heterocycles. The molecule has 0 fully saturated rings. The lowest BCUT2D eigenvalue weighted by Crippen LogP contribution is -2.26. The van der Waals surface area contributed by atoms with Gasteiger partial charge >= 0.3 is 11.9 Å². The Morgan fingerprint density at radius 3 is 1.50 bits per heavy atom. The predicted molar refractivity (Wildman–Crippen MR) is 58.7 cm³/mol. The van der Waals surface area contributed by atoms with E-state index in [1.54, 1.807) is 0 Å². The summed E-state index contributed by atoms with van der Waals surface area (Å²) in [6.45, 7) is 3.17. The number of ether oxygens (including phenoxy) is 2. The lowest BCUT2D eigenvalue weighted by molar-refractivity contribution is -0.143. The van der Waals surface area contributed by atoms with Crippen LogP contribution in [0.3, 0.4) is 0 Å². The SMILES string of the molecule is CC(=O)OCC(Br)C(Br)COC(C)=O. The van der Waals surface area contributed by atoms with E-state index in [-0.39, 0.29) is 34.8 Å². The Kier molecular flexibility index (Phi) is 7.17. The van der Waals surface area contributed by atoms with Crippen molar-refractivity contribution in [2.75, 3.05) is 13.2 Å². The van der Waals surface area contributed by atoms with Crippen molar-refractivity contribution in [2.24, 2.45) is 0 Å². The summed E-state index contributed by atoms with van der Waals surface area (Å²) in [5, 5.41) is 0. The molecule has 0 spiro atoms. The van der Waals surface area contributed by atoms with Crippen molar-refractivity contribution in [1.82, 2.24) is 0 Å². The van der Waals surface area contributed by atoms with Crippen molar-refractivity contribution in [3.05, 3.63) is 0 Å². The van der Waals surface area contributed by atoms with Crippen LogP contribution in [0.25, 0.3) is 0 Å². The Labute approximate surface area is 99.6 Å². The van der Waals surface area contributed by atoms with Crippen LogP contribution in [-0.2, 0) is 19.1 Å². The highest BCUT2D eigenvalue weighted by Crippen LogP contribution is 2.15. The summed E-state index contributed by atoms with van der Waals surface area (Å²) in [7, 11) is 0. The van der Waals surface area contributed by atoms with Gasteiger partial charge in [-0.15, -0.1) is 0 Å². The molecule has 4 nitrogen and oxygen atoms in total. The maximum atomic E-state index is 10.5. The number of esters is 2. The average molecular weight is 332 g/mol. The van der Waals surface area contributed by atoms with E-state index in [9.17, 15) is 9.59 Å². The molecule has 0 saturated carbocycles. The first-order valence-electron chi connectivity index (χ1n) is 3.98. The standard InChI is InChI=1S/C8H12Br2O4/c1-5(11)13-3-7(9)8(10)4-14-6(2)12/h7-8H,3-4H2,1-2H3. The molecule has 14 heavy (non-hydrogen) atoms. The van der Waals surface area contributed by atoms with Crippen molar-refractivity contribution in [3.8, 4) is 0 Å². The second kappa shape index (κ2) is 7.23. The molecule has 0 aliphatic carbocycles. The van der Waals surface area contributed by atoms with E-state index in [4.69, 9.17) is 9.47 Å². The molecular formula is C8H12Br2O4. The van der Waals surface area contributed by atoms with Crippen LogP contribution in [0.4, 0.5) is 0 Å². The number of rotatable bonds is 5. The first kappa shape index (κ1) is 13.9. The highest BCUT2D eigenvalue weighted by Gasteiger charge is 2.18. The lowest BCUT2D eigenvalue weighted by atomic mass is 10.3. The molecular weight excluding hydrogens is 320 g/mol. The Hall–Kier alpha value is -0.100. The van der Waals surface area contributed by atoms with Gasteiger partial charge in [0.05, 0.1) is 9.65 Å². The van der Waals surface area contributed by atoms with Crippen LogP contribution in [0.15, 0.2) is 0 Å². The summed E-state index contributed by atoms with van der Waals surface area (Å²) in [6, 6.07) is 0. The van der Waals surface area contributed by atoms with Gasteiger partial charge in [0.1, 0.15) is 13.2 Å². The maximum absolute atomic E-state index is 10.5. The molecule has 0 aliphatic heterocycles. The molecule has 0 aromatic carbocycles. The number of hydrogen-bond acceptors (Lipinski definition) is 4. The molecule has 0 N–H and O–H groups in total. The van der Waals surface area contributed by atoms with Crippen LogP contribution in [0.1, 0.15) is 13.8 Å². The second-order valence-electron chi connectivity index (χ2n) is 2.64. The van der Waals surface area contributed by atoms with Gasteiger partial charge in [-0.3, -0.25) is 9.59 Å². The third kappa shape index (κ3) is 7.32. The molecule has 2 unspecified atom stereocenters. The fraction of sp³-hybridized carbons (Fsp3) is 0.750. The quantitative estimate of drug-likeness (QED) is 0.567. The summed E-state index contributed by atoms with van der Waals surface area (Å²) in [5.74, 6) is -0.664. The van der Waals surface area contributed by atoms with Gasteiger partial charge in [-0.25, -0.2) is 0 Å². The molecule has 0 radical (unpaired) electrons. The molecule has 0 heterocycles. The fourth-order valence-electron chi connectivity index (χ4n) is 0.603. The monoisotopic (exact) mass is 330 g/mol. The summed E-state index contributed by atoms with van der Waals surface area (Å²) >= 11 is 6.61. The number of carbonyl (C=O) groups excluding carboxylic acids is 2. The smallest absolute Gasteiger partial charge is 0.302 e. The van der Waals surface area contributed by atoms with Crippen LogP contribution < -0.4 is 0 Å². The van der Waals surface area contributed by atoms with Gasteiger partial charge in [-0.05, 0) is 0 Å². The lowest BCUT2D eigenvalue weighted by Gasteiger charge is -2.15. The van der Waals surface area contributed by atoms with E-state index in [1.807, 2.05) is 0 Å². The summed E-state index contributed by atoms with van der Waals surface area (Å²) in [6.07, 6.45) is 0. The topological polar surface area (TPSA) is 52.6 Å². The van der Waals surface area contributed by atoms with E-state index in [0.717, 1.165) is 0 Å². The van der Waals surface area contributed by atoms with Gasteiger partial charge in [-0.1, -0.05) is 31.9 Å². The van der Waals surface area contributed by atoms with Crippen molar-refractivity contribution < 1.29 is 19.1 Å². The largest absolute Gasteiger partial charge is 0.465 e. The molecule has 2 atom stereocenters. The number of alkyl halides is 2. The second-order valence-corrected chi connectivity index (χ2v) is 4.99. The van der Waals surface area contributed by atoms with Crippen molar-refractivity contribution in [2.45, 2.75) is 23.5 Å². The van der Waals surface area contributed by atoms with E-state index in [2.05, 4.69) is 31.9 Å². The van der Waals surface area contributed by atoms with Crippen LogP contribution in [0.2, 0.25) is 0 Å². The van der Waals surface area contributed by atoms with Gasteiger partial charge in [0.25, 0.3) is 0 Å². The van der Waals surface area contributed by atoms with Gasteiger partial charge in [0.2, 0.25) is 0 Å². The third-order valence-corrected chi connectivity index (χ3v) is 3.80. The first-order valence-corrected chi connectivity index (χ1v) is 5.81. The normalized spacial score (nSPS) is 14.3. The van der Waals surface area contributed by atoms with Crippen LogP contribution in [0.5, 0.6) is 0 Å². The molecule has 0 amide bonds. The number of hydrogen-bond donors (Lipinski definition) is 0. The number of carbonyl (C=O) groups is 2. The molecule has 0 bridgehead atoms. The van der Waals surface area contributed by atoms with Crippen molar-refractivity contribution in [1.29, 1.82) is 0 Å². The Balaban J connectivity index is 3.69. The van der Waals surface area contributed by atoms with Crippen molar-refractivity contribution in [3.63, 3.8) is 0 Å². The van der Waals surface area contributed by atoms with Crippen molar-refractivity contribution >= 4 is 43.8 Å². The Morgan fingerprint density at radius 1 is 1.00 bits per heavy atom. The molecule has 0 saturated heterocycles. The highest BCUT2D eigenvalue weighted by atomic mass is 79.9. The van der Waals surface area contributed by atoms with Crippen LogP contribution in [0, 0.1) is 0 Å². The molecule has 0 rings (SSSR count). The minimum absolute atomic E-state index is 0.0780. The first-order chi connectivity index (χ1) is 6.43. The van der Waals surface area contributed by atoms with E-state index >= 15 is 0 Å². The van der Waals surface area contributed by atoms with E-state index in [1.165, 1.54) is 13.8 Å². The predicted octanol–water partition coefficient (Wildman–Crippen LogP) is 1.64. The summed E-state index contributed by atoms with van der Waals surface area (Å²) in [4.78, 5) is 20.8. The number of halogens is 2. The maximum Gasteiger partial charge on any atom is 0.302 e. The minimum Gasteiger partial charge on any atom is -0.465 e. The van der Waals surface area contributed by atoms with Gasteiger partial charge in [-0.2, -0.15) is 0 Å². The van der Waals surface area contributed by atoms with Gasteiger partial charge in [0.15, 0.2) is 0 Å². The van der Waals surface area contributed by atoms with Crippen LogP contribution in [-0.4, -0.2) is 34.8 Å². The Morgan fingerprint density at radius 2 is 1.29 bits per heavy atom. The molecule has 6 heteroatoms. The van der Waals surface area contributed by atoms with Crippen LogP contribution >= 0.6 is 31.9 Å². The van der Waals surface area contributed by atoms with E-state index < -0.39 is 0 Å². The summed E-state index contributed by atoms with van der Waals surface area (Å²) in [5.41, 5.74) is 0. The highest BCUT2D eigenvalue weighted by molar-refractivity contribution is 9.12. The third-order valence-electron chi connectivity index (χ3n) is 1.28. The average Bonchev–Trinajstić information content (AvgIpc) is 2.09. The van der Waals surface area contributed by atoms with E-state index in [0.29, 0.717) is 0 Å². The molecule has 0 aromatic rings. The zero-order chi connectivity index (χ0) is 11.1. The van der Waals surface area contributed by atoms with Gasteiger partial charge < -0.3 is 9.47 Å².